The van der Waals surface area contributed by atoms with E-state index in [2.05, 4.69) is 22.2 Å². The van der Waals surface area contributed by atoms with E-state index >= 15 is 0 Å². The highest BCUT2D eigenvalue weighted by atomic mass is 35.5. The number of nitrogens with one attached hydrogen (secondary N) is 1. The number of nitrogens with zero attached hydrogens (tertiary/aromatic N) is 2. The van der Waals surface area contributed by atoms with Crippen LogP contribution in [0.4, 0.5) is 5.82 Å². The lowest BCUT2D eigenvalue weighted by Gasteiger charge is -2.16. The van der Waals surface area contributed by atoms with Gasteiger partial charge in [0.15, 0.2) is 0 Å². The van der Waals surface area contributed by atoms with Gasteiger partial charge in [-0.3, -0.25) is 0 Å². The van der Waals surface area contributed by atoms with Gasteiger partial charge in [0.2, 0.25) is 5.28 Å². The van der Waals surface area contributed by atoms with Crippen LogP contribution in [0, 0.1) is 5.92 Å². The van der Waals surface area contributed by atoms with Gasteiger partial charge < -0.3 is 5.32 Å². The van der Waals surface area contributed by atoms with E-state index in [-0.39, 0.29) is 0 Å². The van der Waals surface area contributed by atoms with Crippen LogP contribution in [-0.4, -0.2) is 16.0 Å². The molecule has 16 heavy (non-hydrogen) atoms. The van der Waals surface area contributed by atoms with E-state index < -0.39 is 0 Å². The Morgan fingerprint density at radius 1 is 1.31 bits per heavy atom. The van der Waals surface area contributed by atoms with E-state index in [9.17, 15) is 0 Å². The second-order valence-corrected chi connectivity index (χ2v) is 5.00. The molecule has 1 aliphatic carbocycles. The first kappa shape index (κ1) is 11.6. The van der Waals surface area contributed by atoms with E-state index in [0.717, 1.165) is 11.7 Å². The molecule has 0 aromatic carbocycles. The fourth-order valence-corrected chi connectivity index (χ4v) is 2.40. The molecule has 1 aliphatic rings. The molecular weight excluding hydrogens is 222 g/mol. The van der Waals surface area contributed by atoms with Crippen molar-refractivity contribution in [3.63, 3.8) is 0 Å². The SMILES string of the molecule is CC1CCCC(Nc2ccnc(Cl)n2)CC1. The average molecular weight is 240 g/mol. The summed E-state index contributed by atoms with van der Waals surface area (Å²) in [6, 6.07) is 2.41. The van der Waals surface area contributed by atoms with Gasteiger partial charge in [0.05, 0.1) is 0 Å². The fourth-order valence-electron chi connectivity index (χ4n) is 2.26. The molecule has 0 saturated heterocycles. The molecule has 0 radical (unpaired) electrons. The summed E-state index contributed by atoms with van der Waals surface area (Å²) < 4.78 is 0. The van der Waals surface area contributed by atoms with E-state index in [4.69, 9.17) is 11.6 Å². The molecule has 0 aliphatic heterocycles. The Bertz CT molecular complexity index is 343. The Morgan fingerprint density at radius 3 is 3.00 bits per heavy atom. The molecule has 4 heteroatoms. The van der Waals surface area contributed by atoms with Gasteiger partial charge in [-0.25, -0.2) is 9.97 Å². The van der Waals surface area contributed by atoms with Crippen LogP contribution in [0.2, 0.25) is 5.28 Å². The van der Waals surface area contributed by atoms with Crippen LogP contribution < -0.4 is 5.32 Å². The number of rotatable bonds is 2. The predicted molar refractivity (Wildman–Crippen MR) is 66.7 cm³/mol. The summed E-state index contributed by atoms with van der Waals surface area (Å²) in [7, 11) is 0. The smallest absolute Gasteiger partial charge is 0.224 e. The van der Waals surface area contributed by atoms with Crippen molar-refractivity contribution in [1.29, 1.82) is 0 Å². The molecule has 2 atom stereocenters. The number of halogens is 1. The number of aromatic nitrogens is 2. The molecule has 0 bridgehead atoms. The van der Waals surface area contributed by atoms with Gasteiger partial charge in [0, 0.05) is 12.2 Å². The van der Waals surface area contributed by atoms with E-state index in [1.165, 1.54) is 32.1 Å². The van der Waals surface area contributed by atoms with Crippen LogP contribution in [-0.2, 0) is 0 Å². The van der Waals surface area contributed by atoms with Crippen LogP contribution in [0.5, 0.6) is 0 Å². The highest BCUT2D eigenvalue weighted by molar-refractivity contribution is 6.28. The minimum absolute atomic E-state index is 0.312. The second kappa shape index (κ2) is 5.48. The number of hydrogen-bond donors (Lipinski definition) is 1. The summed E-state index contributed by atoms with van der Waals surface area (Å²) in [5, 5.41) is 3.76. The normalized spacial score (nSPS) is 26.1. The van der Waals surface area contributed by atoms with Gasteiger partial charge in [0.1, 0.15) is 5.82 Å². The quantitative estimate of drug-likeness (QED) is 0.634. The summed E-state index contributed by atoms with van der Waals surface area (Å²) in [5.41, 5.74) is 0. The largest absolute Gasteiger partial charge is 0.367 e. The minimum atomic E-state index is 0.312. The van der Waals surface area contributed by atoms with Crippen molar-refractivity contribution in [1.82, 2.24) is 9.97 Å². The van der Waals surface area contributed by atoms with Crippen LogP contribution in [0.3, 0.4) is 0 Å². The third-order valence-corrected chi connectivity index (χ3v) is 3.42. The predicted octanol–water partition coefficient (Wildman–Crippen LogP) is 3.51. The maximum atomic E-state index is 5.76. The van der Waals surface area contributed by atoms with Crippen molar-refractivity contribution in [3.05, 3.63) is 17.5 Å². The minimum Gasteiger partial charge on any atom is -0.367 e. The Hall–Kier alpha value is -0.830. The van der Waals surface area contributed by atoms with Crippen LogP contribution >= 0.6 is 11.6 Å². The maximum Gasteiger partial charge on any atom is 0.224 e. The Labute approximate surface area is 102 Å². The Balaban J connectivity index is 1.93. The van der Waals surface area contributed by atoms with Gasteiger partial charge in [-0.05, 0) is 42.8 Å². The van der Waals surface area contributed by atoms with Crippen molar-refractivity contribution in [2.75, 3.05) is 5.32 Å². The number of hydrogen-bond acceptors (Lipinski definition) is 3. The first-order valence-electron chi connectivity index (χ1n) is 5.99. The van der Waals surface area contributed by atoms with Gasteiger partial charge in [-0.15, -0.1) is 0 Å². The van der Waals surface area contributed by atoms with Crippen molar-refractivity contribution >= 4 is 17.4 Å². The number of anilines is 1. The van der Waals surface area contributed by atoms with Crippen molar-refractivity contribution in [3.8, 4) is 0 Å². The molecule has 1 N–H and O–H groups in total. The molecule has 2 rings (SSSR count). The lowest BCUT2D eigenvalue weighted by molar-refractivity contribution is 0.502. The molecule has 2 unspecified atom stereocenters. The van der Waals surface area contributed by atoms with Crippen molar-refractivity contribution in [2.45, 2.75) is 45.1 Å². The van der Waals surface area contributed by atoms with Crippen LogP contribution in [0.15, 0.2) is 12.3 Å². The zero-order valence-corrected chi connectivity index (χ0v) is 10.4. The van der Waals surface area contributed by atoms with Crippen molar-refractivity contribution in [2.24, 2.45) is 5.92 Å². The van der Waals surface area contributed by atoms with Gasteiger partial charge in [-0.1, -0.05) is 19.8 Å². The molecule has 1 fully saturated rings. The maximum absolute atomic E-state index is 5.76. The van der Waals surface area contributed by atoms with E-state index in [1.807, 2.05) is 6.07 Å². The molecule has 3 nitrogen and oxygen atoms in total. The Kier molecular flexibility index (Phi) is 3.99. The molecule has 0 spiro atoms. The Morgan fingerprint density at radius 2 is 2.19 bits per heavy atom. The van der Waals surface area contributed by atoms with Crippen molar-refractivity contribution < 1.29 is 0 Å². The van der Waals surface area contributed by atoms with E-state index in [1.54, 1.807) is 6.20 Å². The molecule has 0 amide bonds. The molecule has 88 valence electrons. The molecule has 1 aromatic rings. The summed E-state index contributed by atoms with van der Waals surface area (Å²) in [6.45, 7) is 2.34. The summed E-state index contributed by atoms with van der Waals surface area (Å²) in [5.74, 6) is 1.71. The fraction of sp³-hybridized carbons (Fsp3) is 0.667. The highest BCUT2D eigenvalue weighted by Gasteiger charge is 2.16. The first-order chi connectivity index (χ1) is 7.74. The molecule has 1 saturated carbocycles. The molecule has 1 heterocycles. The van der Waals surface area contributed by atoms with E-state index in [0.29, 0.717) is 11.3 Å². The molecule has 1 aromatic heterocycles. The zero-order chi connectivity index (χ0) is 11.4. The molecular formula is C12H18ClN3. The van der Waals surface area contributed by atoms with Crippen LogP contribution in [0.25, 0.3) is 0 Å². The van der Waals surface area contributed by atoms with Gasteiger partial charge in [-0.2, -0.15) is 0 Å². The lowest BCUT2D eigenvalue weighted by atomic mass is 10.0. The standard InChI is InChI=1S/C12H18ClN3/c1-9-3-2-4-10(6-5-9)15-11-7-8-14-12(13)16-11/h7-10H,2-6H2,1H3,(H,14,15,16). The topological polar surface area (TPSA) is 37.8 Å². The zero-order valence-electron chi connectivity index (χ0n) is 9.62. The average Bonchev–Trinajstić information content (AvgIpc) is 2.44. The monoisotopic (exact) mass is 239 g/mol. The first-order valence-corrected chi connectivity index (χ1v) is 6.37. The summed E-state index contributed by atoms with van der Waals surface area (Å²) in [4.78, 5) is 8.04. The van der Waals surface area contributed by atoms with Gasteiger partial charge in [0.25, 0.3) is 0 Å². The highest BCUT2D eigenvalue weighted by Crippen LogP contribution is 2.24. The third-order valence-electron chi connectivity index (χ3n) is 3.24. The second-order valence-electron chi connectivity index (χ2n) is 4.67. The third kappa shape index (κ3) is 3.34. The lowest BCUT2D eigenvalue weighted by Crippen LogP contribution is -2.19. The summed E-state index contributed by atoms with van der Waals surface area (Å²) >= 11 is 5.76. The van der Waals surface area contributed by atoms with Gasteiger partial charge >= 0.3 is 0 Å². The van der Waals surface area contributed by atoms with Crippen LogP contribution in [0.1, 0.15) is 39.0 Å². The summed E-state index contributed by atoms with van der Waals surface area (Å²) in [6.07, 6.45) is 8.10.